The highest BCUT2D eigenvalue weighted by Gasteiger charge is 2.43. The Hall–Kier alpha value is -1.32. The van der Waals surface area contributed by atoms with E-state index in [9.17, 15) is 0 Å². The molecule has 0 radical (unpaired) electrons. The van der Waals surface area contributed by atoms with Crippen molar-refractivity contribution >= 4 is 38.9 Å². The summed E-state index contributed by atoms with van der Waals surface area (Å²) in [5.41, 5.74) is 2.93. The van der Waals surface area contributed by atoms with Gasteiger partial charge in [-0.05, 0) is 86.9 Å². The monoisotopic (exact) mass is 515 g/mol. The van der Waals surface area contributed by atoms with Crippen LogP contribution in [0, 0.1) is 11.3 Å². The molecule has 0 amide bonds. The summed E-state index contributed by atoms with van der Waals surface area (Å²) in [7, 11) is -8.57. The summed E-state index contributed by atoms with van der Waals surface area (Å²) in [5.74, 6) is 0. The average Bonchev–Trinajstić information content (AvgIpc) is 2.70. The van der Waals surface area contributed by atoms with Crippen LogP contribution < -0.4 is 5.19 Å². The van der Waals surface area contributed by atoms with Crippen molar-refractivity contribution in [2.45, 2.75) is 78.2 Å². The van der Waals surface area contributed by atoms with Gasteiger partial charge in [0.15, 0.2) is 8.32 Å². The third kappa shape index (κ3) is 8.76. The Morgan fingerprint density at radius 3 is 1.67 bits per heavy atom. The minimum Gasteiger partial charge on any atom is -0.436 e. The van der Waals surface area contributed by atoms with E-state index in [-0.39, 0.29) is 0 Å². The number of benzene rings is 2. The van der Waals surface area contributed by atoms with Gasteiger partial charge in [0.05, 0.1) is 11.6 Å². The number of rotatable bonds is 11. The fraction of sp³-hybridized carbons (Fsp3) is 0.480. The zero-order chi connectivity index (χ0) is 24.9. The van der Waals surface area contributed by atoms with Crippen LogP contribution >= 0.6 is 0 Å². The molecule has 0 heterocycles. The molecule has 8 heteroatoms. The number of unbranched alkanes of at least 4 members (excludes halogenated alkanes) is 1. The zero-order valence-electron chi connectivity index (χ0n) is 21.9. The molecule has 0 saturated carbocycles. The van der Waals surface area contributed by atoms with E-state index in [1.54, 1.807) is 0 Å². The van der Waals surface area contributed by atoms with E-state index in [0.29, 0.717) is 5.56 Å². The van der Waals surface area contributed by atoms with E-state index in [1.165, 1.54) is 24.1 Å². The zero-order valence-corrected chi connectivity index (χ0v) is 25.9. The molecule has 0 saturated heterocycles. The van der Waals surface area contributed by atoms with Gasteiger partial charge in [0.25, 0.3) is 0 Å². The van der Waals surface area contributed by atoms with Crippen molar-refractivity contribution in [2.75, 3.05) is 0 Å². The SMILES string of the molecule is CCCC[Si](C)(C)O[Si](C)(C)O[Si](C)(C)O[Si](C)(C)c1ccc(-c2ccc(C#N)cc2)cc1. The van der Waals surface area contributed by atoms with E-state index in [0.717, 1.165) is 11.1 Å². The van der Waals surface area contributed by atoms with E-state index in [1.807, 2.05) is 24.3 Å². The maximum atomic E-state index is 9.01. The summed E-state index contributed by atoms with van der Waals surface area (Å²) in [4.78, 5) is 0. The highest BCUT2D eigenvalue weighted by molar-refractivity contribution is 6.93. The largest absolute Gasteiger partial charge is 0.436 e. The molecule has 0 atom stereocenters. The van der Waals surface area contributed by atoms with Crippen LogP contribution in [0.2, 0.25) is 58.4 Å². The lowest BCUT2D eigenvalue weighted by atomic mass is 10.0. The van der Waals surface area contributed by atoms with Crippen molar-refractivity contribution in [3.8, 4) is 17.2 Å². The Labute approximate surface area is 205 Å². The third-order valence-corrected chi connectivity index (χ3v) is 21.0. The van der Waals surface area contributed by atoms with Crippen molar-refractivity contribution in [3.63, 3.8) is 0 Å². The first-order valence-corrected chi connectivity index (χ1v) is 23.6. The Bertz CT molecular complexity index is 949. The molecule has 0 aliphatic heterocycles. The smallest absolute Gasteiger partial charge is 0.312 e. The number of hydrogen-bond acceptors (Lipinski definition) is 4. The highest BCUT2D eigenvalue weighted by Crippen LogP contribution is 2.27. The van der Waals surface area contributed by atoms with Crippen LogP contribution in [0.5, 0.6) is 0 Å². The van der Waals surface area contributed by atoms with Crippen LogP contribution in [0.3, 0.4) is 0 Å². The van der Waals surface area contributed by atoms with Gasteiger partial charge in [0, 0.05) is 0 Å². The molecule has 0 aromatic heterocycles. The van der Waals surface area contributed by atoms with Gasteiger partial charge in [-0.1, -0.05) is 56.2 Å². The summed E-state index contributed by atoms with van der Waals surface area (Å²) in [6.07, 6.45) is 2.43. The van der Waals surface area contributed by atoms with Crippen molar-refractivity contribution in [2.24, 2.45) is 0 Å². The van der Waals surface area contributed by atoms with E-state index in [4.69, 9.17) is 17.6 Å². The fourth-order valence-corrected chi connectivity index (χ4v) is 23.5. The summed E-state index contributed by atoms with van der Waals surface area (Å²) in [6, 6.07) is 19.7. The predicted molar refractivity (Wildman–Crippen MR) is 149 cm³/mol. The van der Waals surface area contributed by atoms with Gasteiger partial charge in [0.2, 0.25) is 8.32 Å². The minimum absolute atomic E-state index is 0.677. The van der Waals surface area contributed by atoms with E-state index >= 15 is 0 Å². The maximum absolute atomic E-state index is 9.01. The van der Waals surface area contributed by atoms with Gasteiger partial charge >= 0.3 is 17.1 Å². The molecule has 2 aromatic rings. The van der Waals surface area contributed by atoms with E-state index in [2.05, 4.69) is 89.6 Å². The maximum Gasteiger partial charge on any atom is 0.312 e. The lowest BCUT2D eigenvalue weighted by Crippen LogP contribution is -2.59. The molecule has 0 aliphatic rings. The minimum atomic E-state index is -2.39. The van der Waals surface area contributed by atoms with Crippen molar-refractivity contribution < 1.29 is 12.3 Å². The fourth-order valence-electron chi connectivity index (χ4n) is 4.43. The first kappa shape index (κ1) is 27.9. The molecule has 0 aliphatic carbocycles. The van der Waals surface area contributed by atoms with Crippen molar-refractivity contribution in [3.05, 3.63) is 54.1 Å². The molecule has 0 bridgehead atoms. The van der Waals surface area contributed by atoms with Gasteiger partial charge < -0.3 is 12.3 Å². The van der Waals surface area contributed by atoms with Gasteiger partial charge in [-0.15, -0.1) is 0 Å². The average molecular weight is 516 g/mol. The second kappa shape index (κ2) is 10.9. The van der Waals surface area contributed by atoms with Crippen LogP contribution in [0.4, 0.5) is 0 Å². The standard InChI is InChI=1S/C25H41NO3Si4/c1-10-11-20-30(2,3)27-32(6,7)29-33(8,9)28-31(4,5)25-18-16-24(17-19-25)23-14-12-22(21-26)13-15-23/h12-19H,10-11,20H2,1-9H3. The summed E-state index contributed by atoms with van der Waals surface area (Å²) < 4.78 is 20.2. The molecular weight excluding hydrogens is 475 g/mol. The molecule has 2 rings (SSSR count). The van der Waals surface area contributed by atoms with Gasteiger partial charge in [-0.25, -0.2) is 0 Å². The molecule has 4 nitrogen and oxygen atoms in total. The van der Waals surface area contributed by atoms with Gasteiger partial charge in [0.1, 0.15) is 0 Å². The lowest BCUT2D eigenvalue weighted by molar-refractivity contribution is 0.330. The molecule has 180 valence electrons. The quantitative estimate of drug-likeness (QED) is 0.300. The predicted octanol–water partition coefficient (Wildman–Crippen LogP) is 7.10. The number of nitrogens with zero attached hydrogens (tertiary/aromatic N) is 1. The Morgan fingerprint density at radius 2 is 1.18 bits per heavy atom. The molecule has 0 unspecified atom stereocenters. The van der Waals surface area contributed by atoms with E-state index < -0.39 is 33.8 Å². The highest BCUT2D eigenvalue weighted by atomic mass is 28.5. The van der Waals surface area contributed by atoms with Crippen LogP contribution in [0.15, 0.2) is 48.5 Å². The van der Waals surface area contributed by atoms with Crippen LogP contribution in [-0.4, -0.2) is 33.8 Å². The second-order valence-electron chi connectivity index (χ2n) is 10.7. The summed E-state index contributed by atoms with van der Waals surface area (Å²) in [5, 5.41) is 10.3. The third-order valence-electron chi connectivity index (χ3n) is 5.57. The first-order valence-electron chi connectivity index (χ1n) is 11.9. The van der Waals surface area contributed by atoms with Crippen molar-refractivity contribution in [1.29, 1.82) is 5.26 Å². The molecular formula is C25H41NO3Si4. The lowest BCUT2D eigenvalue weighted by Gasteiger charge is -2.41. The normalized spacial score (nSPS) is 13.1. The summed E-state index contributed by atoms with van der Waals surface area (Å²) >= 11 is 0. The topological polar surface area (TPSA) is 51.5 Å². The Kier molecular flexibility index (Phi) is 9.26. The molecule has 33 heavy (non-hydrogen) atoms. The van der Waals surface area contributed by atoms with Crippen LogP contribution in [0.25, 0.3) is 11.1 Å². The molecule has 0 spiro atoms. The number of nitriles is 1. The molecule has 0 fully saturated rings. The second-order valence-corrected chi connectivity index (χ2v) is 26.4. The van der Waals surface area contributed by atoms with Crippen molar-refractivity contribution in [1.82, 2.24) is 0 Å². The van der Waals surface area contributed by atoms with Crippen LogP contribution in [-0.2, 0) is 12.3 Å². The molecule has 0 N–H and O–H groups in total. The van der Waals surface area contributed by atoms with Gasteiger partial charge in [-0.2, -0.15) is 5.26 Å². The Morgan fingerprint density at radius 1 is 0.697 bits per heavy atom. The van der Waals surface area contributed by atoms with Crippen LogP contribution in [0.1, 0.15) is 25.3 Å². The molecule has 2 aromatic carbocycles. The Balaban J connectivity index is 2.10. The van der Waals surface area contributed by atoms with Gasteiger partial charge in [-0.3, -0.25) is 0 Å². The first-order chi connectivity index (χ1) is 15.2. The number of hydrogen-bond donors (Lipinski definition) is 0. The summed E-state index contributed by atoms with van der Waals surface area (Å²) in [6.45, 7) is 20.0.